The highest BCUT2D eigenvalue weighted by molar-refractivity contribution is 5.81. The van der Waals surface area contributed by atoms with Gasteiger partial charge in [0, 0.05) is 6.07 Å². The Morgan fingerprint density at radius 1 is 1.07 bits per heavy atom. The molecule has 0 aliphatic carbocycles. The number of methoxy groups -OCH3 is 2. The van der Waals surface area contributed by atoms with Crippen molar-refractivity contribution in [1.29, 1.82) is 0 Å². The summed E-state index contributed by atoms with van der Waals surface area (Å²) >= 11 is 0. The summed E-state index contributed by atoms with van der Waals surface area (Å²) in [5, 5.41) is 0.489. The molecule has 6 nitrogen and oxygen atoms in total. The van der Waals surface area contributed by atoms with Crippen LogP contribution < -0.4 is 15.0 Å². The third-order valence-electron chi connectivity index (χ3n) is 4.53. The summed E-state index contributed by atoms with van der Waals surface area (Å²) in [7, 11) is 5.14. The van der Waals surface area contributed by atoms with E-state index in [1.807, 2.05) is 13.1 Å². The highest BCUT2D eigenvalue weighted by Crippen LogP contribution is 2.29. The molecule has 3 aromatic rings. The monoisotopic (exact) mass is 367 g/mol. The van der Waals surface area contributed by atoms with Gasteiger partial charge in [0.15, 0.2) is 11.5 Å². The van der Waals surface area contributed by atoms with Crippen LogP contribution in [0.15, 0.2) is 47.3 Å². The van der Waals surface area contributed by atoms with Crippen LogP contribution in [-0.2, 0) is 13.0 Å². The Morgan fingerprint density at radius 2 is 1.78 bits per heavy atom. The zero-order chi connectivity index (χ0) is 19.2. The van der Waals surface area contributed by atoms with Crippen molar-refractivity contribution in [1.82, 2.24) is 14.9 Å². The van der Waals surface area contributed by atoms with Crippen LogP contribution >= 0.6 is 0 Å². The van der Waals surface area contributed by atoms with Gasteiger partial charge in [-0.05, 0) is 38.1 Å². The molecule has 0 radical (unpaired) electrons. The highest BCUT2D eigenvalue weighted by atomic mass is 16.5. The molecular weight excluding hydrogens is 342 g/mol. The molecule has 142 valence electrons. The van der Waals surface area contributed by atoms with Crippen LogP contribution in [0, 0.1) is 0 Å². The van der Waals surface area contributed by atoms with Crippen molar-refractivity contribution >= 4 is 10.9 Å². The van der Waals surface area contributed by atoms with E-state index in [2.05, 4.69) is 39.1 Å². The first kappa shape index (κ1) is 18.9. The zero-order valence-corrected chi connectivity index (χ0v) is 16.0. The number of aromatic nitrogens is 2. The Hall–Kier alpha value is -2.86. The van der Waals surface area contributed by atoms with Gasteiger partial charge < -0.3 is 14.5 Å². The minimum Gasteiger partial charge on any atom is -0.493 e. The average Bonchev–Trinajstić information content (AvgIpc) is 2.68. The molecule has 3 rings (SSSR count). The lowest BCUT2D eigenvalue weighted by molar-refractivity contribution is 0.314. The minimum atomic E-state index is -0.173. The first-order chi connectivity index (χ1) is 13.1. The van der Waals surface area contributed by atoms with Crippen molar-refractivity contribution in [2.75, 3.05) is 27.8 Å². The third-order valence-corrected chi connectivity index (χ3v) is 4.53. The predicted molar refractivity (Wildman–Crippen MR) is 107 cm³/mol. The number of rotatable bonds is 8. The maximum atomic E-state index is 12.4. The molecule has 27 heavy (non-hydrogen) atoms. The van der Waals surface area contributed by atoms with E-state index in [1.165, 1.54) is 5.56 Å². The fourth-order valence-corrected chi connectivity index (χ4v) is 3.12. The Bertz CT molecular complexity index is 954. The molecule has 0 atom stereocenters. The van der Waals surface area contributed by atoms with Gasteiger partial charge in [-0.25, -0.2) is 4.98 Å². The number of benzene rings is 2. The van der Waals surface area contributed by atoms with E-state index < -0.39 is 0 Å². The topological polar surface area (TPSA) is 67.5 Å². The number of hydrogen-bond acceptors (Lipinski definition) is 5. The van der Waals surface area contributed by atoms with Crippen molar-refractivity contribution < 1.29 is 9.47 Å². The molecule has 1 N–H and O–H groups in total. The maximum absolute atomic E-state index is 12.4. The molecule has 0 aliphatic rings. The minimum absolute atomic E-state index is 0.173. The fraction of sp³-hybridized carbons (Fsp3) is 0.333. The molecule has 0 bridgehead atoms. The predicted octanol–water partition coefficient (Wildman–Crippen LogP) is 3.00. The Labute approximate surface area is 158 Å². The number of hydrogen-bond donors (Lipinski definition) is 1. The summed E-state index contributed by atoms with van der Waals surface area (Å²) in [5.41, 5.74) is 1.77. The van der Waals surface area contributed by atoms with Gasteiger partial charge in [0.1, 0.15) is 5.82 Å². The van der Waals surface area contributed by atoms with E-state index in [0.29, 0.717) is 34.8 Å². The van der Waals surface area contributed by atoms with Gasteiger partial charge in [-0.1, -0.05) is 30.3 Å². The maximum Gasteiger partial charge on any atom is 0.258 e. The van der Waals surface area contributed by atoms with Crippen LogP contribution in [0.5, 0.6) is 11.5 Å². The van der Waals surface area contributed by atoms with Crippen LogP contribution in [0.1, 0.15) is 17.8 Å². The smallest absolute Gasteiger partial charge is 0.258 e. The van der Waals surface area contributed by atoms with E-state index >= 15 is 0 Å². The van der Waals surface area contributed by atoms with Crippen molar-refractivity contribution in [3.63, 3.8) is 0 Å². The molecule has 1 aromatic heterocycles. The molecule has 2 aromatic carbocycles. The Balaban J connectivity index is 1.70. The van der Waals surface area contributed by atoms with Crippen LogP contribution in [0.2, 0.25) is 0 Å². The Morgan fingerprint density at radius 3 is 2.48 bits per heavy atom. The van der Waals surface area contributed by atoms with Crippen LogP contribution in [0.3, 0.4) is 0 Å². The molecule has 0 unspecified atom stereocenters. The zero-order valence-electron chi connectivity index (χ0n) is 16.0. The summed E-state index contributed by atoms with van der Waals surface area (Å²) in [5.74, 6) is 1.72. The summed E-state index contributed by atoms with van der Waals surface area (Å²) in [6, 6.07) is 13.8. The van der Waals surface area contributed by atoms with Crippen LogP contribution in [0.4, 0.5) is 0 Å². The van der Waals surface area contributed by atoms with Gasteiger partial charge >= 0.3 is 0 Å². The van der Waals surface area contributed by atoms with Crippen molar-refractivity contribution in [3.8, 4) is 11.5 Å². The number of fused-ring (bicyclic) bond motifs is 1. The van der Waals surface area contributed by atoms with Crippen molar-refractivity contribution in [2.24, 2.45) is 0 Å². The molecular formula is C21H25N3O3. The van der Waals surface area contributed by atoms with Crippen LogP contribution in [-0.4, -0.2) is 42.7 Å². The quantitative estimate of drug-likeness (QED) is 0.663. The first-order valence-electron chi connectivity index (χ1n) is 8.98. The lowest BCUT2D eigenvalue weighted by atomic mass is 10.1. The molecule has 0 spiro atoms. The normalized spacial score (nSPS) is 11.1. The van der Waals surface area contributed by atoms with E-state index in [4.69, 9.17) is 9.47 Å². The number of aromatic amines is 1. The number of H-pyrrole nitrogens is 1. The molecule has 0 aliphatic heterocycles. The van der Waals surface area contributed by atoms with Gasteiger partial charge in [0.2, 0.25) is 0 Å². The second kappa shape index (κ2) is 8.68. The number of nitrogens with zero attached hydrogens (tertiary/aromatic N) is 2. The third kappa shape index (κ3) is 4.65. The van der Waals surface area contributed by atoms with E-state index in [-0.39, 0.29) is 5.56 Å². The fourth-order valence-electron chi connectivity index (χ4n) is 3.12. The molecule has 0 fully saturated rings. The van der Waals surface area contributed by atoms with Crippen molar-refractivity contribution in [2.45, 2.75) is 19.4 Å². The molecule has 6 heteroatoms. The standard InChI is InChI=1S/C21H25N3O3/c1-24(11-7-10-15-8-5-4-6-9-15)14-20-22-17-13-19(27-3)18(26-2)12-16(17)21(25)23-20/h4-6,8-9,12-13H,7,10-11,14H2,1-3H3,(H,22,23,25). The van der Waals surface area contributed by atoms with Gasteiger partial charge in [-0.2, -0.15) is 0 Å². The van der Waals surface area contributed by atoms with Gasteiger partial charge in [0.25, 0.3) is 5.56 Å². The van der Waals surface area contributed by atoms with E-state index in [9.17, 15) is 4.79 Å². The lowest BCUT2D eigenvalue weighted by Gasteiger charge is -2.16. The average molecular weight is 367 g/mol. The molecule has 0 amide bonds. The lowest BCUT2D eigenvalue weighted by Crippen LogP contribution is -2.23. The number of ether oxygens (including phenoxy) is 2. The SMILES string of the molecule is COc1cc2nc(CN(C)CCCc3ccccc3)[nH]c(=O)c2cc1OC. The Kier molecular flexibility index (Phi) is 6.08. The van der Waals surface area contributed by atoms with Crippen LogP contribution in [0.25, 0.3) is 10.9 Å². The molecule has 0 saturated carbocycles. The van der Waals surface area contributed by atoms with E-state index in [1.54, 1.807) is 26.4 Å². The van der Waals surface area contributed by atoms with Crippen molar-refractivity contribution in [3.05, 3.63) is 64.2 Å². The first-order valence-corrected chi connectivity index (χ1v) is 8.98. The second-order valence-electron chi connectivity index (χ2n) is 6.56. The van der Waals surface area contributed by atoms with Gasteiger partial charge in [0.05, 0.1) is 31.7 Å². The summed E-state index contributed by atoms with van der Waals surface area (Å²) in [6.45, 7) is 1.50. The highest BCUT2D eigenvalue weighted by Gasteiger charge is 2.12. The molecule has 0 saturated heterocycles. The summed E-state index contributed by atoms with van der Waals surface area (Å²) in [4.78, 5) is 22.1. The number of aryl methyl sites for hydroxylation is 1. The summed E-state index contributed by atoms with van der Waals surface area (Å²) < 4.78 is 10.6. The number of nitrogens with one attached hydrogen (secondary N) is 1. The summed E-state index contributed by atoms with van der Waals surface area (Å²) in [6.07, 6.45) is 2.08. The molecule has 1 heterocycles. The largest absolute Gasteiger partial charge is 0.493 e. The van der Waals surface area contributed by atoms with Gasteiger partial charge in [-0.15, -0.1) is 0 Å². The van der Waals surface area contributed by atoms with Gasteiger partial charge in [-0.3, -0.25) is 9.69 Å². The van der Waals surface area contributed by atoms with E-state index in [0.717, 1.165) is 19.4 Å². The second-order valence-corrected chi connectivity index (χ2v) is 6.56.